The second kappa shape index (κ2) is 7.23. The highest BCUT2D eigenvalue weighted by Crippen LogP contribution is 2.25. The lowest BCUT2D eigenvalue weighted by Gasteiger charge is -2.29. The van der Waals surface area contributed by atoms with Gasteiger partial charge in [0.25, 0.3) is 0 Å². The molecule has 1 saturated carbocycles. The second-order valence-electron chi connectivity index (χ2n) is 6.92. The summed E-state index contributed by atoms with van der Waals surface area (Å²) in [6, 6.07) is 6.13. The van der Waals surface area contributed by atoms with Crippen LogP contribution in [0.4, 0.5) is 0 Å². The molecule has 0 radical (unpaired) electrons. The molecule has 0 atom stereocenters. The van der Waals surface area contributed by atoms with Crippen molar-refractivity contribution in [3.63, 3.8) is 0 Å². The van der Waals surface area contributed by atoms with E-state index in [1.54, 1.807) is 16.4 Å². The molecule has 24 heavy (non-hydrogen) atoms. The van der Waals surface area contributed by atoms with Gasteiger partial charge in [-0.25, -0.2) is 13.2 Å². The van der Waals surface area contributed by atoms with Crippen molar-refractivity contribution in [2.24, 2.45) is 5.92 Å². The van der Waals surface area contributed by atoms with Crippen LogP contribution < -0.4 is 0 Å². The van der Waals surface area contributed by atoms with Gasteiger partial charge in [0, 0.05) is 13.1 Å². The van der Waals surface area contributed by atoms with Crippen molar-refractivity contribution < 1.29 is 17.9 Å². The van der Waals surface area contributed by atoms with E-state index in [1.165, 1.54) is 12.1 Å². The maximum Gasteiger partial charge on any atom is 0.338 e. The first-order chi connectivity index (χ1) is 11.5. The third kappa shape index (κ3) is 3.81. The molecule has 0 aromatic heterocycles. The van der Waals surface area contributed by atoms with E-state index in [-0.39, 0.29) is 17.0 Å². The normalized spacial score (nSPS) is 21.0. The summed E-state index contributed by atoms with van der Waals surface area (Å²) in [6.45, 7) is 3.28. The number of benzene rings is 1. The molecule has 0 spiro atoms. The van der Waals surface area contributed by atoms with Crippen LogP contribution in [0.5, 0.6) is 0 Å². The fourth-order valence-corrected chi connectivity index (χ4v) is 4.83. The van der Waals surface area contributed by atoms with Gasteiger partial charge in [0.1, 0.15) is 6.10 Å². The summed E-state index contributed by atoms with van der Waals surface area (Å²) in [6.07, 6.45) is 5.84. The summed E-state index contributed by atoms with van der Waals surface area (Å²) < 4.78 is 32.3. The van der Waals surface area contributed by atoms with Crippen LogP contribution in [0.3, 0.4) is 0 Å². The first-order valence-corrected chi connectivity index (χ1v) is 10.2. The zero-order valence-electron chi connectivity index (χ0n) is 14.1. The molecule has 3 rings (SSSR count). The Hall–Kier alpha value is -1.40. The first-order valence-electron chi connectivity index (χ1n) is 8.78. The summed E-state index contributed by atoms with van der Waals surface area (Å²) in [5.41, 5.74) is 0.410. The lowest BCUT2D eigenvalue weighted by atomic mass is 10.0. The van der Waals surface area contributed by atoms with Crippen LogP contribution in [-0.2, 0) is 14.8 Å². The fourth-order valence-electron chi connectivity index (χ4n) is 3.36. The molecule has 132 valence electrons. The van der Waals surface area contributed by atoms with Gasteiger partial charge in [0.2, 0.25) is 10.0 Å². The molecule has 1 aromatic rings. The number of nitrogens with zero attached hydrogens (tertiary/aromatic N) is 1. The van der Waals surface area contributed by atoms with E-state index < -0.39 is 10.0 Å². The van der Waals surface area contributed by atoms with E-state index in [9.17, 15) is 13.2 Å². The number of piperidine rings is 1. The first kappa shape index (κ1) is 17.4. The number of hydrogen-bond donors (Lipinski definition) is 0. The molecule has 1 aliphatic carbocycles. The number of carbonyl (C=O) groups excluding carboxylic acids is 1. The minimum atomic E-state index is -3.47. The highest BCUT2D eigenvalue weighted by Gasteiger charge is 2.28. The molecule has 1 heterocycles. The van der Waals surface area contributed by atoms with Crippen molar-refractivity contribution in [2.75, 3.05) is 13.1 Å². The molecule has 0 bridgehead atoms. The highest BCUT2D eigenvalue weighted by molar-refractivity contribution is 7.89. The smallest absolute Gasteiger partial charge is 0.338 e. The van der Waals surface area contributed by atoms with Crippen LogP contribution in [0.25, 0.3) is 0 Å². The molecular weight excluding hydrogens is 326 g/mol. The molecule has 1 aromatic carbocycles. The lowest BCUT2D eigenvalue weighted by Crippen LogP contribution is -2.37. The molecule has 6 heteroatoms. The predicted octanol–water partition coefficient (Wildman–Crippen LogP) is 3.21. The fraction of sp³-hybridized carbons (Fsp3) is 0.611. The van der Waals surface area contributed by atoms with Crippen molar-refractivity contribution >= 4 is 16.0 Å². The Bertz CT molecular complexity index is 669. The quantitative estimate of drug-likeness (QED) is 0.782. The van der Waals surface area contributed by atoms with Crippen LogP contribution in [0.1, 0.15) is 55.8 Å². The summed E-state index contributed by atoms with van der Waals surface area (Å²) in [5.74, 6) is 0.210. The molecule has 5 nitrogen and oxygen atoms in total. The van der Waals surface area contributed by atoms with Crippen molar-refractivity contribution in [1.82, 2.24) is 4.31 Å². The molecule has 1 aliphatic heterocycles. The minimum absolute atomic E-state index is 0.0104. The van der Waals surface area contributed by atoms with Crippen molar-refractivity contribution in [1.29, 1.82) is 0 Å². The standard InChI is InChI=1S/C18H25NO4S/c1-14-10-12-19(13-11-14)24(21,22)17-8-6-15(7-9-17)18(20)23-16-4-2-3-5-16/h6-9,14,16H,2-5,10-13H2,1H3. The summed E-state index contributed by atoms with van der Waals surface area (Å²) in [7, 11) is -3.47. The number of esters is 1. The van der Waals surface area contributed by atoms with Gasteiger partial charge in [-0.15, -0.1) is 0 Å². The van der Waals surface area contributed by atoms with Crippen LogP contribution >= 0.6 is 0 Å². The van der Waals surface area contributed by atoms with Crippen LogP contribution in [0, 0.1) is 5.92 Å². The SMILES string of the molecule is CC1CCN(S(=O)(=O)c2ccc(C(=O)OC3CCCC3)cc2)CC1. The van der Waals surface area contributed by atoms with E-state index in [1.807, 2.05) is 0 Å². The number of carbonyl (C=O) groups is 1. The number of rotatable bonds is 4. The molecular formula is C18H25NO4S. The maximum absolute atomic E-state index is 12.7. The largest absolute Gasteiger partial charge is 0.459 e. The van der Waals surface area contributed by atoms with Crippen molar-refractivity contribution in [3.8, 4) is 0 Å². The Labute approximate surface area is 144 Å². The Kier molecular flexibility index (Phi) is 5.25. The highest BCUT2D eigenvalue weighted by atomic mass is 32.2. The van der Waals surface area contributed by atoms with Gasteiger partial charge in [0.15, 0.2) is 0 Å². The van der Waals surface area contributed by atoms with Gasteiger partial charge < -0.3 is 4.74 Å². The van der Waals surface area contributed by atoms with E-state index in [0.717, 1.165) is 38.5 Å². The maximum atomic E-state index is 12.7. The van der Waals surface area contributed by atoms with Crippen LogP contribution in [-0.4, -0.2) is 37.9 Å². The molecule has 0 N–H and O–H groups in total. The van der Waals surface area contributed by atoms with Gasteiger partial charge in [-0.05, 0) is 68.7 Å². The molecule has 2 fully saturated rings. The van der Waals surface area contributed by atoms with Gasteiger partial charge in [-0.3, -0.25) is 0 Å². The average molecular weight is 351 g/mol. The molecule has 0 amide bonds. The van der Waals surface area contributed by atoms with Crippen molar-refractivity contribution in [3.05, 3.63) is 29.8 Å². The number of hydrogen-bond acceptors (Lipinski definition) is 4. The van der Waals surface area contributed by atoms with Gasteiger partial charge in [-0.2, -0.15) is 4.31 Å². The van der Waals surface area contributed by atoms with Gasteiger partial charge >= 0.3 is 5.97 Å². The third-order valence-electron chi connectivity index (χ3n) is 5.05. The topological polar surface area (TPSA) is 63.7 Å². The predicted molar refractivity (Wildman–Crippen MR) is 91.3 cm³/mol. The molecule has 0 unspecified atom stereocenters. The second-order valence-corrected chi connectivity index (χ2v) is 8.86. The summed E-state index contributed by atoms with van der Waals surface area (Å²) >= 11 is 0. The van der Waals surface area contributed by atoms with Crippen LogP contribution in [0.2, 0.25) is 0 Å². The molecule has 2 aliphatic rings. The third-order valence-corrected chi connectivity index (χ3v) is 6.96. The monoisotopic (exact) mass is 351 g/mol. The lowest BCUT2D eigenvalue weighted by molar-refractivity contribution is 0.0317. The summed E-state index contributed by atoms with van der Waals surface area (Å²) in [4.78, 5) is 12.4. The number of ether oxygens (including phenoxy) is 1. The van der Waals surface area contributed by atoms with Gasteiger partial charge in [0.05, 0.1) is 10.5 Å². The average Bonchev–Trinajstić information content (AvgIpc) is 3.08. The van der Waals surface area contributed by atoms with Crippen LogP contribution in [0.15, 0.2) is 29.2 Å². The zero-order valence-corrected chi connectivity index (χ0v) is 14.9. The van der Waals surface area contributed by atoms with E-state index in [2.05, 4.69) is 6.92 Å². The minimum Gasteiger partial charge on any atom is -0.459 e. The van der Waals surface area contributed by atoms with E-state index in [0.29, 0.717) is 24.6 Å². The zero-order chi connectivity index (χ0) is 17.2. The van der Waals surface area contributed by atoms with Gasteiger partial charge in [-0.1, -0.05) is 6.92 Å². The van der Waals surface area contributed by atoms with Crippen molar-refractivity contribution in [2.45, 2.75) is 56.4 Å². The Morgan fingerprint density at radius 3 is 2.21 bits per heavy atom. The van der Waals surface area contributed by atoms with E-state index >= 15 is 0 Å². The Balaban J connectivity index is 1.68. The number of sulfonamides is 1. The Morgan fingerprint density at radius 1 is 1.04 bits per heavy atom. The Morgan fingerprint density at radius 2 is 1.62 bits per heavy atom. The summed E-state index contributed by atoms with van der Waals surface area (Å²) in [5, 5.41) is 0. The van der Waals surface area contributed by atoms with E-state index in [4.69, 9.17) is 4.74 Å². The molecule has 1 saturated heterocycles.